The predicted molar refractivity (Wildman–Crippen MR) is 135 cm³/mol. The van der Waals surface area contributed by atoms with E-state index in [0.29, 0.717) is 0 Å². The maximum Gasteiger partial charge on any atom is 0.134 e. The molecule has 0 atom stereocenters. The molecule has 0 amide bonds. The summed E-state index contributed by atoms with van der Waals surface area (Å²) < 4.78 is 6.51. The molecule has 0 aromatic heterocycles. The zero-order valence-corrected chi connectivity index (χ0v) is 18.1. The fourth-order valence-corrected chi connectivity index (χ4v) is 4.98. The van der Waals surface area contributed by atoms with E-state index in [1.54, 1.807) is 0 Å². The molecule has 5 aromatic rings. The first kappa shape index (κ1) is 19.4. The fraction of sp³-hybridized carbons (Fsp3) is 0.0323. The number of fused-ring (bicyclic) bond motifs is 2. The van der Waals surface area contributed by atoms with Crippen molar-refractivity contribution in [2.75, 3.05) is 5.32 Å². The molecular weight excluding hydrogens is 402 g/mol. The molecule has 0 aliphatic carbocycles. The molecule has 5 aromatic carbocycles. The van der Waals surface area contributed by atoms with Crippen molar-refractivity contribution in [2.24, 2.45) is 0 Å². The van der Waals surface area contributed by atoms with Gasteiger partial charge in [0.2, 0.25) is 0 Å². The molecule has 0 spiro atoms. The van der Waals surface area contributed by atoms with Crippen LogP contribution in [0.15, 0.2) is 133 Å². The summed E-state index contributed by atoms with van der Waals surface area (Å²) in [6.07, 6.45) is 0. The predicted octanol–water partition coefficient (Wildman–Crippen LogP) is 7.92. The molecule has 0 fully saturated rings. The molecule has 1 aliphatic rings. The Morgan fingerprint density at radius 3 is 1.67 bits per heavy atom. The summed E-state index contributed by atoms with van der Waals surface area (Å²) in [7, 11) is 0. The Morgan fingerprint density at radius 2 is 1.00 bits per heavy atom. The van der Waals surface area contributed by atoms with Gasteiger partial charge in [-0.2, -0.15) is 0 Å². The number of rotatable bonds is 4. The number of benzene rings is 5. The van der Waals surface area contributed by atoms with Gasteiger partial charge in [0.05, 0.1) is 5.41 Å². The second-order valence-electron chi connectivity index (χ2n) is 8.28. The molecule has 1 aliphatic heterocycles. The van der Waals surface area contributed by atoms with Gasteiger partial charge < -0.3 is 10.1 Å². The number of ether oxygens (including phenoxy) is 1. The molecule has 158 valence electrons. The summed E-state index contributed by atoms with van der Waals surface area (Å²) in [5, 5.41) is 3.50. The molecule has 6 rings (SSSR count). The normalized spacial score (nSPS) is 13.3. The largest absolute Gasteiger partial charge is 0.457 e. The highest BCUT2D eigenvalue weighted by Gasteiger charge is 2.45. The van der Waals surface area contributed by atoms with Crippen molar-refractivity contribution >= 4 is 11.4 Å². The average molecular weight is 426 g/mol. The van der Waals surface area contributed by atoms with Gasteiger partial charge >= 0.3 is 0 Å². The minimum atomic E-state index is -0.474. The summed E-state index contributed by atoms with van der Waals surface area (Å²) in [5.74, 6) is 1.75. The Morgan fingerprint density at radius 1 is 0.455 bits per heavy atom. The molecule has 1 N–H and O–H groups in total. The first-order chi connectivity index (χ1) is 16.4. The summed E-state index contributed by atoms with van der Waals surface area (Å²) in [4.78, 5) is 0. The second-order valence-corrected chi connectivity index (χ2v) is 8.28. The molecule has 2 heteroatoms. The van der Waals surface area contributed by atoms with Gasteiger partial charge in [-0.25, -0.2) is 0 Å². The van der Waals surface area contributed by atoms with Crippen molar-refractivity contribution < 1.29 is 4.74 Å². The summed E-state index contributed by atoms with van der Waals surface area (Å²) >= 11 is 0. The lowest BCUT2D eigenvalue weighted by molar-refractivity contribution is 0.435. The van der Waals surface area contributed by atoms with Gasteiger partial charge in [0.15, 0.2) is 0 Å². The standard InChI is InChI=1S/C31H23NO/c1-4-12-23(13-5-1)31(24-14-6-2-7-15-24)27-18-10-11-19-29(27)33-30-22-26(20-21-28(30)31)32-25-16-8-3-9-17-25/h1-22,32H. The van der Waals surface area contributed by atoms with Crippen LogP contribution in [-0.4, -0.2) is 0 Å². The number of anilines is 2. The van der Waals surface area contributed by atoms with Crippen LogP contribution in [0.4, 0.5) is 11.4 Å². The van der Waals surface area contributed by atoms with Crippen LogP contribution in [0.5, 0.6) is 11.5 Å². The Labute approximate surface area is 194 Å². The van der Waals surface area contributed by atoms with Crippen LogP contribution >= 0.6 is 0 Å². The molecular formula is C31H23NO. The summed E-state index contributed by atoms with van der Waals surface area (Å²) in [6.45, 7) is 0. The highest BCUT2D eigenvalue weighted by molar-refractivity contribution is 5.72. The van der Waals surface area contributed by atoms with E-state index in [-0.39, 0.29) is 0 Å². The molecule has 33 heavy (non-hydrogen) atoms. The summed E-state index contributed by atoms with van der Waals surface area (Å²) in [6, 6.07) is 46.5. The van der Waals surface area contributed by atoms with Crippen LogP contribution in [0.3, 0.4) is 0 Å². The van der Waals surface area contributed by atoms with Crippen LogP contribution in [-0.2, 0) is 5.41 Å². The van der Waals surface area contributed by atoms with Gasteiger partial charge in [0.1, 0.15) is 11.5 Å². The highest BCUT2D eigenvalue weighted by atomic mass is 16.5. The van der Waals surface area contributed by atoms with Gasteiger partial charge in [0, 0.05) is 28.6 Å². The quantitative estimate of drug-likeness (QED) is 0.310. The minimum absolute atomic E-state index is 0.474. The fourth-order valence-electron chi connectivity index (χ4n) is 4.98. The van der Waals surface area contributed by atoms with Gasteiger partial charge in [0.25, 0.3) is 0 Å². The first-order valence-corrected chi connectivity index (χ1v) is 11.2. The topological polar surface area (TPSA) is 21.3 Å². The van der Waals surface area contributed by atoms with Crippen LogP contribution < -0.4 is 10.1 Å². The third-order valence-electron chi connectivity index (χ3n) is 6.37. The Bertz CT molecular complexity index is 1360. The van der Waals surface area contributed by atoms with Crippen molar-refractivity contribution in [2.45, 2.75) is 5.41 Å². The molecule has 0 radical (unpaired) electrons. The smallest absolute Gasteiger partial charge is 0.134 e. The van der Waals surface area contributed by atoms with Gasteiger partial charge in [-0.1, -0.05) is 103 Å². The zero-order chi connectivity index (χ0) is 22.1. The average Bonchev–Trinajstić information content (AvgIpc) is 2.89. The van der Waals surface area contributed by atoms with Crippen LogP contribution in [0.25, 0.3) is 0 Å². The van der Waals surface area contributed by atoms with Crippen LogP contribution in [0.1, 0.15) is 22.3 Å². The van der Waals surface area contributed by atoms with E-state index < -0.39 is 5.41 Å². The molecule has 0 unspecified atom stereocenters. The molecule has 0 saturated carbocycles. The van der Waals surface area contributed by atoms with E-state index in [4.69, 9.17) is 4.74 Å². The third kappa shape index (κ3) is 3.19. The lowest BCUT2D eigenvalue weighted by Gasteiger charge is -2.41. The molecule has 2 nitrogen and oxygen atoms in total. The monoisotopic (exact) mass is 425 g/mol. The van der Waals surface area contributed by atoms with E-state index in [0.717, 1.165) is 34.0 Å². The highest BCUT2D eigenvalue weighted by Crippen LogP contribution is 2.55. The van der Waals surface area contributed by atoms with Crippen molar-refractivity contribution in [1.82, 2.24) is 0 Å². The van der Waals surface area contributed by atoms with Crippen LogP contribution in [0.2, 0.25) is 0 Å². The van der Waals surface area contributed by atoms with E-state index >= 15 is 0 Å². The van der Waals surface area contributed by atoms with Crippen molar-refractivity contribution in [3.63, 3.8) is 0 Å². The van der Waals surface area contributed by atoms with Crippen molar-refractivity contribution in [3.05, 3.63) is 156 Å². The molecule has 1 heterocycles. The lowest BCUT2D eigenvalue weighted by Crippen LogP contribution is -2.34. The number of nitrogens with one attached hydrogen (secondary N) is 1. The van der Waals surface area contributed by atoms with E-state index in [2.05, 4.69) is 115 Å². The van der Waals surface area contributed by atoms with Crippen molar-refractivity contribution in [1.29, 1.82) is 0 Å². The van der Waals surface area contributed by atoms with Gasteiger partial charge in [-0.15, -0.1) is 0 Å². The Kier molecular flexibility index (Phi) is 4.70. The number of hydrogen-bond acceptors (Lipinski definition) is 2. The number of para-hydroxylation sites is 2. The minimum Gasteiger partial charge on any atom is -0.457 e. The molecule has 0 saturated heterocycles. The second kappa shape index (κ2) is 7.99. The summed E-state index contributed by atoms with van der Waals surface area (Å²) in [5.41, 5.74) is 6.29. The zero-order valence-electron chi connectivity index (χ0n) is 18.1. The first-order valence-electron chi connectivity index (χ1n) is 11.2. The van der Waals surface area contributed by atoms with Gasteiger partial charge in [-0.3, -0.25) is 0 Å². The third-order valence-corrected chi connectivity index (χ3v) is 6.37. The number of hydrogen-bond donors (Lipinski definition) is 1. The molecule has 0 bridgehead atoms. The lowest BCUT2D eigenvalue weighted by atomic mass is 9.63. The van der Waals surface area contributed by atoms with E-state index in [1.165, 1.54) is 11.1 Å². The SMILES string of the molecule is c1ccc(Nc2ccc3c(c2)Oc2ccccc2C3(c2ccccc2)c2ccccc2)cc1. The Balaban J connectivity index is 1.62. The maximum atomic E-state index is 6.51. The van der Waals surface area contributed by atoms with E-state index in [9.17, 15) is 0 Å². The van der Waals surface area contributed by atoms with E-state index in [1.807, 2.05) is 24.3 Å². The maximum absolute atomic E-state index is 6.51. The Hall–Kier alpha value is -4.30. The van der Waals surface area contributed by atoms with Crippen LogP contribution in [0, 0.1) is 0 Å². The van der Waals surface area contributed by atoms with Gasteiger partial charge in [-0.05, 0) is 35.4 Å². The van der Waals surface area contributed by atoms with Crippen molar-refractivity contribution in [3.8, 4) is 11.5 Å².